The van der Waals surface area contributed by atoms with Crippen molar-refractivity contribution in [3.8, 4) is 11.8 Å². The molecule has 0 saturated heterocycles. The normalized spacial score (nSPS) is 15.2. The predicted octanol–water partition coefficient (Wildman–Crippen LogP) is 2.81. The second kappa shape index (κ2) is 6.42. The summed E-state index contributed by atoms with van der Waals surface area (Å²) in [5.74, 6) is 0.792. The first-order chi connectivity index (χ1) is 8.79. The number of benzene rings is 1. The van der Waals surface area contributed by atoms with Crippen molar-refractivity contribution in [2.45, 2.75) is 31.7 Å². The Kier molecular flexibility index (Phi) is 4.60. The average Bonchev–Trinajstić information content (AvgIpc) is 2.33. The van der Waals surface area contributed by atoms with Crippen LogP contribution < -0.4 is 4.74 Å². The summed E-state index contributed by atoms with van der Waals surface area (Å²) in [6.45, 7) is 1.80. The third-order valence-electron chi connectivity index (χ3n) is 3.59. The number of hydrogen-bond acceptors (Lipinski definition) is 3. The van der Waals surface area contributed by atoms with Gasteiger partial charge in [0.25, 0.3) is 0 Å². The molecule has 1 aliphatic rings. The summed E-state index contributed by atoms with van der Waals surface area (Å²) in [5.41, 5.74) is 0.652. The molecule has 96 valence electrons. The fourth-order valence-electron chi connectivity index (χ4n) is 2.17. The lowest BCUT2D eigenvalue weighted by molar-refractivity contribution is 0.149. The number of nitriles is 1. The van der Waals surface area contributed by atoms with E-state index in [4.69, 9.17) is 10.00 Å². The Bertz CT molecular complexity index is 421. The van der Waals surface area contributed by atoms with E-state index in [2.05, 4.69) is 18.0 Å². The van der Waals surface area contributed by atoms with E-state index in [0.29, 0.717) is 12.2 Å². The minimum Gasteiger partial charge on any atom is -0.494 e. The molecule has 1 aromatic carbocycles. The third-order valence-corrected chi connectivity index (χ3v) is 3.59. The van der Waals surface area contributed by atoms with Crippen molar-refractivity contribution < 1.29 is 4.74 Å². The topological polar surface area (TPSA) is 36.3 Å². The highest BCUT2D eigenvalue weighted by Gasteiger charge is 2.21. The van der Waals surface area contributed by atoms with Crippen LogP contribution in [0.5, 0.6) is 5.75 Å². The molecule has 0 heterocycles. The van der Waals surface area contributed by atoms with E-state index in [-0.39, 0.29) is 0 Å². The predicted molar refractivity (Wildman–Crippen MR) is 71.5 cm³/mol. The van der Waals surface area contributed by atoms with Crippen LogP contribution >= 0.6 is 0 Å². The van der Waals surface area contributed by atoms with E-state index in [0.717, 1.165) is 24.8 Å². The van der Waals surface area contributed by atoms with Gasteiger partial charge >= 0.3 is 0 Å². The van der Waals surface area contributed by atoms with Gasteiger partial charge in [-0.2, -0.15) is 5.26 Å². The molecule has 1 aliphatic carbocycles. The summed E-state index contributed by atoms with van der Waals surface area (Å²) in [6, 6.07) is 10.2. The molecule has 0 N–H and O–H groups in total. The quantitative estimate of drug-likeness (QED) is 0.722. The number of ether oxygens (including phenoxy) is 1. The van der Waals surface area contributed by atoms with Crippen molar-refractivity contribution in [1.29, 1.82) is 5.26 Å². The van der Waals surface area contributed by atoms with Crippen molar-refractivity contribution >= 4 is 0 Å². The Labute approximate surface area is 109 Å². The SMILES string of the molecule is CN(CCCOc1cccc(C#N)c1)C1CCC1. The average molecular weight is 244 g/mol. The van der Waals surface area contributed by atoms with E-state index < -0.39 is 0 Å². The van der Waals surface area contributed by atoms with Crippen LogP contribution in [0.1, 0.15) is 31.2 Å². The van der Waals surface area contributed by atoms with Gasteiger partial charge in [-0.3, -0.25) is 0 Å². The summed E-state index contributed by atoms with van der Waals surface area (Å²) in [5, 5.41) is 8.79. The van der Waals surface area contributed by atoms with Gasteiger partial charge in [0.15, 0.2) is 0 Å². The first-order valence-corrected chi connectivity index (χ1v) is 6.63. The van der Waals surface area contributed by atoms with Crippen LogP contribution in [-0.2, 0) is 0 Å². The first kappa shape index (κ1) is 12.9. The Hall–Kier alpha value is -1.53. The van der Waals surface area contributed by atoms with Gasteiger partial charge in [-0.1, -0.05) is 12.5 Å². The Morgan fingerprint density at radius 1 is 1.44 bits per heavy atom. The van der Waals surface area contributed by atoms with E-state index in [1.165, 1.54) is 19.3 Å². The molecule has 1 fully saturated rings. The van der Waals surface area contributed by atoms with Gasteiger partial charge in [0, 0.05) is 12.6 Å². The summed E-state index contributed by atoms with van der Waals surface area (Å²) in [4.78, 5) is 2.43. The summed E-state index contributed by atoms with van der Waals surface area (Å²) >= 11 is 0. The fraction of sp³-hybridized carbons (Fsp3) is 0.533. The zero-order valence-electron chi connectivity index (χ0n) is 10.9. The molecule has 0 radical (unpaired) electrons. The molecule has 0 aromatic heterocycles. The van der Waals surface area contributed by atoms with E-state index in [1.54, 1.807) is 12.1 Å². The molecule has 1 saturated carbocycles. The van der Waals surface area contributed by atoms with Crippen molar-refractivity contribution in [2.75, 3.05) is 20.2 Å². The largest absolute Gasteiger partial charge is 0.494 e. The molecule has 0 aliphatic heterocycles. The van der Waals surface area contributed by atoms with Crippen LogP contribution in [0.4, 0.5) is 0 Å². The van der Waals surface area contributed by atoms with E-state index in [1.807, 2.05) is 12.1 Å². The molecule has 3 nitrogen and oxygen atoms in total. The Morgan fingerprint density at radius 2 is 2.28 bits per heavy atom. The summed E-state index contributed by atoms with van der Waals surface area (Å²) in [6.07, 6.45) is 5.11. The maximum absolute atomic E-state index is 8.79. The second-order valence-corrected chi connectivity index (χ2v) is 4.91. The van der Waals surface area contributed by atoms with Gasteiger partial charge in [-0.25, -0.2) is 0 Å². The van der Waals surface area contributed by atoms with Crippen molar-refractivity contribution in [3.05, 3.63) is 29.8 Å². The molecule has 0 bridgehead atoms. The molecule has 0 amide bonds. The first-order valence-electron chi connectivity index (χ1n) is 6.63. The maximum Gasteiger partial charge on any atom is 0.120 e. The fourth-order valence-corrected chi connectivity index (χ4v) is 2.17. The maximum atomic E-state index is 8.79. The molecule has 0 atom stereocenters. The van der Waals surface area contributed by atoms with Crippen LogP contribution in [0.15, 0.2) is 24.3 Å². The van der Waals surface area contributed by atoms with Crippen LogP contribution in [-0.4, -0.2) is 31.1 Å². The lowest BCUT2D eigenvalue weighted by Crippen LogP contribution is -2.38. The lowest BCUT2D eigenvalue weighted by atomic mass is 9.92. The van der Waals surface area contributed by atoms with Gasteiger partial charge in [0.1, 0.15) is 5.75 Å². The van der Waals surface area contributed by atoms with Crippen LogP contribution in [0, 0.1) is 11.3 Å². The number of rotatable bonds is 6. The molecular weight excluding hydrogens is 224 g/mol. The van der Waals surface area contributed by atoms with Crippen molar-refractivity contribution in [2.24, 2.45) is 0 Å². The second-order valence-electron chi connectivity index (χ2n) is 4.91. The van der Waals surface area contributed by atoms with Crippen LogP contribution in [0.25, 0.3) is 0 Å². The highest BCUT2D eigenvalue weighted by Crippen LogP contribution is 2.23. The van der Waals surface area contributed by atoms with Gasteiger partial charge < -0.3 is 9.64 Å². The van der Waals surface area contributed by atoms with Gasteiger partial charge in [-0.15, -0.1) is 0 Å². The molecule has 3 heteroatoms. The van der Waals surface area contributed by atoms with Crippen LogP contribution in [0.3, 0.4) is 0 Å². The standard InChI is InChI=1S/C15H20N2O/c1-17(14-6-3-7-14)9-4-10-18-15-8-2-5-13(11-15)12-16/h2,5,8,11,14H,3-4,6-7,9-10H2,1H3. The minimum atomic E-state index is 0.652. The van der Waals surface area contributed by atoms with Gasteiger partial charge in [0.2, 0.25) is 0 Å². The van der Waals surface area contributed by atoms with Gasteiger partial charge in [0.05, 0.1) is 18.2 Å². The number of nitrogens with zero attached hydrogens (tertiary/aromatic N) is 2. The lowest BCUT2D eigenvalue weighted by Gasteiger charge is -2.34. The van der Waals surface area contributed by atoms with Gasteiger partial charge in [-0.05, 0) is 44.5 Å². The van der Waals surface area contributed by atoms with Crippen LogP contribution in [0.2, 0.25) is 0 Å². The molecule has 1 aromatic rings. The van der Waals surface area contributed by atoms with Crippen molar-refractivity contribution in [1.82, 2.24) is 4.90 Å². The van der Waals surface area contributed by atoms with E-state index >= 15 is 0 Å². The molecule has 2 rings (SSSR count). The highest BCUT2D eigenvalue weighted by molar-refractivity contribution is 5.36. The molecule has 18 heavy (non-hydrogen) atoms. The molecule has 0 unspecified atom stereocenters. The summed E-state index contributed by atoms with van der Waals surface area (Å²) < 4.78 is 5.65. The highest BCUT2D eigenvalue weighted by atomic mass is 16.5. The Morgan fingerprint density at radius 3 is 2.94 bits per heavy atom. The zero-order valence-corrected chi connectivity index (χ0v) is 10.9. The van der Waals surface area contributed by atoms with Crippen molar-refractivity contribution in [3.63, 3.8) is 0 Å². The molecular formula is C15H20N2O. The number of hydrogen-bond donors (Lipinski definition) is 0. The molecule has 0 spiro atoms. The third kappa shape index (κ3) is 3.48. The minimum absolute atomic E-state index is 0.652. The smallest absolute Gasteiger partial charge is 0.120 e. The Balaban J connectivity index is 1.66. The summed E-state index contributed by atoms with van der Waals surface area (Å²) in [7, 11) is 2.19. The zero-order chi connectivity index (χ0) is 12.8. The van der Waals surface area contributed by atoms with E-state index in [9.17, 15) is 0 Å². The monoisotopic (exact) mass is 244 g/mol.